The monoisotopic (exact) mass is 246 g/mol. The van der Waals surface area contributed by atoms with Crippen LogP contribution in [0.15, 0.2) is 0 Å². The predicted octanol–water partition coefficient (Wildman–Crippen LogP) is -0.411. The van der Waals surface area contributed by atoms with Crippen LogP contribution < -0.4 is 5.32 Å². The summed E-state index contributed by atoms with van der Waals surface area (Å²) < 4.78 is 22.7. The van der Waals surface area contributed by atoms with Crippen LogP contribution in [-0.2, 0) is 14.6 Å². The van der Waals surface area contributed by atoms with Crippen LogP contribution in [0.2, 0.25) is 0 Å². The SMILES string of the molecule is CCC1NCC(=O)N1CC1CCS(=O)(=O)C1. The Kier molecular flexibility index (Phi) is 3.21. The molecule has 0 spiro atoms. The van der Waals surface area contributed by atoms with Crippen molar-refractivity contribution in [3.05, 3.63) is 0 Å². The molecule has 0 radical (unpaired) electrons. The summed E-state index contributed by atoms with van der Waals surface area (Å²) in [7, 11) is -2.84. The van der Waals surface area contributed by atoms with Crippen molar-refractivity contribution >= 4 is 15.7 Å². The van der Waals surface area contributed by atoms with E-state index in [2.05, 4.69) is 5.32 Å². The van der Waals surface area contributed by atoms with Crippen molar-refractivity contribution in [1.29, 1.82) is 0 Å². The van der Waals surface area contributed by atoms with Crippen molar-refractivity contribution in [3.63, 3.8) is 0 Å². The minimum Gasteiger partial charge on any atom is -0.326 e. The lowest BCUT2D eigenvalue weighted by atomic mass is 10.1. The standard InChI is InChI=1S/C10H18N2O3S/c1-2-9-11-5-10(13)12(9)6-8-3-4-16(14,15)7-8/h8-9,11H,2-7H2,1H3. The molecule has 2 heterocycles. The van der Waals surface area contributed by atoms with Gasteiger partial charge in [-0.2, -0.15) is 0 Å². The molecule has 16 heavy (non-hydrogen) atoms. The largest absolute Gasteiger partial charge is 0.326 e. The molecule has 2 fully saturated rings. The molecule has 2 aliphatic heterocycles. The molecule has 1 amide bonds. The number of nitrogens with zero attached hydrogens (tertiary/aromatic N) is 1. The molecule has 6 heteroatoms. The molecule has 0 bridgehead atoms. The second kappa shape index (κ2) is 4.33. The van der Waals surface area contributed by atoms with Gasteiger partial charge < -0.3 is 4.90 Å². The third-order valence-electron chi connectivity index (χ3n) is 3.35. The van der Waals surface area contributed by atoms with E-state index in [1.54, 1.807) is 4.90 Å². The highest BCUT2D eigenvalue weighted by molar-refractivity contribution is 7.91. The van der Waals surface area contributed by atoms with Crippen molar-refractivity contribution in [2.75, 3.05) is 24.6 Å². The number of rotatable bonds is 3. The van der Waals surface area contributed by atoms with E-state index in [0.29, 0.717) is 19.5 Å². The molecule has 0 saturated carbocycles. The smallest absolute Gasteiger partial charge is 0.237 e. The predicted molar refractivity (Wildman–Crippen MR) is 60.6 cm³/mol. The van der Waals surface area contributed by atoms with Crippen LogP contribution in [0.3, 0.4) is 0 Å². The van der Waals surface area contributed by atoms with Crippen molar-refractivity contribution in [2.45, 2.75) is 25.9 Å². The number of carbonyl (C=O) groups is 1. The summed E-state index contributed by atoms with van der Waals surface area (Å²) in [6.07, 6.45) is 1.66. The summed E-state index contributed by atoms with van der Waals surface area (Å²) >= 11 is 0. The normalized spacial score (nSPS) is 33.6. The first-order valence-electron chi connectivity index (χ1n) is 5.75. The molecule has 0 aliphatic carbocycles. The summed E-state index contributed by atoms with van der Waals surface area (Å²) in [5.74, 6) is 0.746. The maximum atomic E-state index is 11.6. The van der Waals surface area contributed by atoms with Crippen molar-refractivity contribution < 1.29 is 13.2 Å². The quantitative estimate of drug-likeness (QED) is 0.735. The molecule has 1 N–H and O–H groups in total. The van der Waals surface area contributed by atoms with E-state index in [4.69, 9.17) is 0 Å². The minimum atomic E-state index is -2.84. The molecular weight excluding hydrogens is 228 g/mol. The summed E-state index contributed by atoms with van der Waals surface area (Å²) in [5.41, 5.74) is 0. The van der Waals surface area contributed by atoms with Crippen molar-refractivity contribution in [3.8, 4) is 0 Å². The summed E-state index contributed by atoms with van der Waals surface area (Å²) in [4.78, 5) is 13.4. The number of nitrogens with one attached hydrogen (secondary N) is 1. The Hall–Kier alpha value is -0.620. The first kappa shape index (κ1) is 11.9. The maximum absolute atomic E-state index is 11.6. The highest BCUT2D eigenvalue weighted by atomic mass is 32.2. The Morgan fingerprint density at radius 1 is 1.50 bits per heavy atom. The van der Waals surface area contributed by atoms with Gasteiger partial charge in [-0.05, 0) is 18.8 Å². The molecule has 2 aliphatic rings. The van der Waals surface area contributed by atoms with Gasteiger partial charge in [0, 0.05) is 6.54 Å². The van der Waals surface area contributed by atoms with Gasteiger partial charge in [0.1, 0.15) is 0 Å². The van der Waals surface area contributed by atoms with Crippen LogP contribution in [0.1, 0.15) is 19.8 Å². The van der Waals surface area contributed by atoms with E-state index in [9.17, 15) is 13.2 Å². The van der Waals surface area contributed by atoms with Crippen LogP contribution in [0.25, 0.3) is 0 Å². The zero-order valence-electron chi connectivity index (χ0n) is 9.48. The molecule has 5 nitrogen and oxygen atoms in total. The molecule has 2 atom stereocenters. The van der Waals surface area contributed by atoms with Crippen LogP contribution in [0.5, 0.6) is 0 Å². The highest BCUT2D eigenvalue weighted by Crippen LogP contribution is 2.21. The molecule has 2 unspecified atom stereocenters. The van der Waals surface area contributed by atoms with Crippen molar-refractivity contribution in [2.24, 2.45) is 5.92 Å². The zero-order valence-corrected chi connectivity index (χ0v) is 10.3. The molecule has 0 aromatic heterocycles. The zero-order chi connectivity index (χ0) is 11.8. The highest BCUT2D eigenvalue weighted by Gasteiger charge is 2.35. The fourth-order valence-electron chi connectivity index (χ4n) is 2.48. The minimum absolute atomic E-state index is 0.0933. The second-order valence-corrected chi connectivity index (χ2v) is 6.85. The van der Waals surface area contributed by atoms with Gasteiger partial charge in [0.2, 0.25) is 5.91 Å². The van der Waals surface area contributed by atoms with Gasteiger partial charge in [-0.15, -0.1) is 0 Å². The molecule has 92 valence electrons. The van der Waals surface area contributed by atoms with Crippen LogP contribution >= 0.6 is 0 Å². The van der Waals surface area contributed by atoms with Gasteiger partial charge in [0.05, 0.1) is 24.2 Å². The van der Waals surface area contributed by atoms with Gasteiger partial charge in [-0.25, -0.2) is 8.42 Å². The lowest BCUT2D eigenvalue weighted by Crippen LogP contribution is -2.40. The second-order valence-electron chi connectivity index (χ2n) is 4.62. The van der Waals surface area contributed by atoms with Crippen LogP contribution in [0.4, 0.5) is 0 Å². The van der Waals surface area contributed by atoms with Gasteiger partial charge in [0.15, 0.2) is 9.84 Å². The van der Waals surface area contributed by atoms with Gasteiger partial charge in [-0.3, -0.25) is 10.1 Å². The first-order valence-corrected chi connectivity index (χ1v) is 7.57. The van der Waals surface area contributed by atoms with E-state index in [-0.39, 0.29) is 29.5 Å². The average Bonchev–Trinajstić information content (AvgIpc) is 2.72. The summed E-state index contributed by atoms with van der Waals surface area (Å²) in [6, 6.07) is 0. The van der Waals surface area contributed by atoms with E-state index >= 15 is 0 Å². The topological polar surface area (TPSA) is 66.5 Å². The molecule has 0 aromatic carbocycles. The summed E-state index contributed by atoms with van der Waals surface area (Å²) in [6.45, 7) is 3.00. The number of sulfone groups is 1. The number of hydrogen-bond donors (Lipinski definition) is 1. The van der Waals surface area contributed by atoms with Crippen LogP contribution in [0, 0.1) is 5.92 Å². The average molecular weight is 246 g/mol. The lowest BCUT2D eigenvalue weighted by Gasteiger charge is -2.25. The third-order valence-corrected chi connectivity index (χ3v) is 5.19. The molecular formula is C10H18N2O3S. The molecule has 2 rings (SSSR count). The van der Waals surface area contributed by atoms with E-state index < -0.39 is 9.84 Å². The van der Waals surface area contributed by atoms with Crippen molar-refractivity contribution in [1.82, 2.24) is 10.2 Å². The maximum Gasteiger partial charge on any atom is 0.237 e. The van der Waals surface area contributed by atoms with Crippen LogP contribution in [-0.4, -0.2) is 50.0 Å². The van der Waals surface area contributed by atoms with E-state index in [1.165, 1.54) is 0 Å². The fourth-order valence-corrected chi connectivity index (χ4v) is 4.33. The number of carbonyl (C=O) groups excluding carboxylic acids is 1. The fraction of sp³-hybridized carbons (Fsp3) is 0.900. The Labute approximate surface area is 96.1 Å². The lowest BCUT2D eigenvalue weighted by molar-refractivity contribution is -0.128. The van der Waals surface area contributed by atoms with Gasteiger partial charge in [-0.1, -0.05) is 6.92 Å². The Balaban J connectivity index is 1.96. The van der Waals surface area contributed by atoms with E-state index in [1.807, 2.05) is 6.92 Å². The third kappa shape index (κ3) is 2.38. The molecule has 2 saturated heterocycles. The molecule has 0 aromatic rings. The Morgan fingerprint density at radius 2 is 2.25 bits per heavy atom. The first-order chi connectivity index (χ1) is 7.52. The van der Waals surface area contributed by atoms with E-state index in [0.717, 1.165) is 6.42 Å². The number of hydrogen-bond acceptors (Lipinski definition) is 4. The summed E-state index contributed by atoms with van der Waals surface area (Å²) in [5, 5.41) is 3.13. The Morgan fingerprint density at radius 3 is 2.81 bits per heavy atom. The Bertz CT molecular complexity index is 380. The van der Waals surface area contributed by atoms with Gasteiger partial charge >= 0.3 is 0 Å². The van der Waals surface area contributed by atoms with Gasteiger partial charge in [0.25, 0.3) is 0 Å². The number of amides is 1.